The zero-order chi connectivity index (χ0) is 22.3. The van der Waals surface area contributed by atoms with Crippen molar-refractivity contribution in [3.05, 3.63) is 60.2 Å². The zero-order valence-corrected chi connectivity index (χ0v) is 16.8. The summed E-state index contributed by atoms with van der Waals surface area (Å²) in [5.74, 6) is -0.618. The molecule has 0 atom stereocenters. The molecule has 2 aromatic carbocycles. The van der Waals surface area contributed by atoms with Crippen molar-refractivity contribution in [3.63, 3.8) is 0 Å². The highest BCUT2D eigenvalue weighted by Crippen LogP contribution is 2.26. The van der Waals surface area contributed by atoms with E-state index in [9.17, 15) is 22.8 Å². The summed E-state index contributed by atoms with van der Waals surface area (Å²) >= 11 is 0. The average molecular weight is 435 g/mol. The van der Waals surface area contributed by atoms with Gasteiger partial charge in [0.25, 0.3) is 0 Å². The van der Waals surface area contributed by atoms with E-state index < -0.39 is 18.8 Å². The predicted octanol–water partition coefficient (Wildman–Crippen LogP) is 4.65. The Kier molecular flexibility index (Phi) is 7.38. The molecule has 0 bridgehead atoms. The van der Waals surface area contributed by atoms with Gasteiger partial charge in [0.05, 0.1) is 11.4 Å². The first-order valence-corrected chi connectivity index (χ1v) is 9.98. The number of nitrogens with one attached hydrogen (secondary N) is 2. The lowest BCUT2D eigenvalue weighted by Gasteiger charge is -2.30. The summed E-state index contributed by atoms with van der Waals surface area (Å²) in [7, 11) is 0. The maximum absolute atomic E-state index is 12.6. The number of anilines is 2. The van der Waals surface area contributed by atoms with Gasteiger partial charge in [-0.25, -0.2) is 4.79 Å². The zero-order valence-electron chi connectivity index (χ0n) is 16.8. The first-order valence-electron chi connectivity index (χ1n) is 9.98. The van der Waals surface area contributed by atoms with Crippen molar-refractivity contribution in [3.8, 4) is 0 Å². The lowest BCUT2D eigenvalue weighted by Crippen LogP contribution is -2.41. The number of carbonyl (C=O) groups is 2. The number of benzene rings is 2. The Morgan fingerprint density at radius 3 is 2.23 bits per heavy atom. The number of amides is 2. The molecule has 1 fully saturated rings. The Balaban J connectivity index is 1.48. The summed E-state index contributed by atoms with van der Waals surface area (Å²) in [6, 6.07) is 15.6. The lowest BCUT2D eigenvalue weighted by molar-refractivity contribution is -0.121. The molecule has 0 saturated carbocycles. The Hall–Kier alpha value is -3.23. The van der Waals surface area contributed by atoms with Crippen molar-refractivity contribution in [1.82, 2.24) is 4.90 Å². The van der Waals surface area contributed by atoms with E-state index in [2.05, 4.69) is 10.6 Å². The van der Waals surface area contributed by atoms with Crippen molar-refractivity contribution >= 4 is 23.4 Å². The topological polar surface area (TPSA) is 70.7 Å². The summed E-state index contributed by atoms with van der Waals surface area (Å²) in [5, 5.41) is 5.01. The van der Waals surface area contributed by atoms with Crippen LogP contribution in [0.2, 0.25) is 0 Å². The van der Waals surface area contributed by atoms with Crippen molar-refractivity contribution in [2.24, 2.45) is 5.92 Å². The van der Waals surface area contributed by atoms with Crippen molar-refractivity contribution in [2.45, 2.75) is 25.6 Å². The lowest BCUT2D eigenvalue weighted by atomic mass is 9.96. The van der Waals surface area contributed by atoms with Gasteiger partial charge < -0.3 is 20.3 Å². The normalized spacial score (nSPS) is 14.7. The second-order valence-electron chi connectivity index (χ2n) is 7.31. The summed E-state index contributed by atoms with van der Waals surface area (Å²) in [4.78, 5) is 26.4. The fourth-order valence-electron chi connectivity index (χ4n) is 3.31. The molecule has 1 aliphatic heterocycles. The molecule has 9 heteroatoms. The Morgan fingerprint density at radius 2 is 1.58 bits per heavy atom. The number of nitrogens with zero attached hydrogens (tertiary/aromatic N) is 1. The molecule has 166 valence electrons. The number of halogens is 3. The quantitative estimate of drug-likeness (QED) is 0.693. The summed E-state index contributed by atoms with van der Waals surface area (Å²) < 4.78 is 42.8. The van der Waals surface area contributed by atoms with E-state index in [1.54, 1.807) is 23.1 Å². The smallest absolute Gasteiger partial charge is 0.410 e. The second-order valence-corrected chi connectivity index (χ2v) is 7.31. The van der Waals surface area contributed by atoms with E-state index in [1.807, 2.05) is 30.3 Å². The minimum absolute atomic E-state index is 0.182. The number of rotatable bonds is 6. The molecule has 1 aliphatic rings. The van der Waals surface area contributed by atoms with Gasteiger partial charge in [-0.15, -0.1) is 0 Å². The minimum atomic E-state index is -4.36. The molecule has 0 aliphatic carbocycles. The van der Waals surface area contributed by atoms with E-state index in [-0.39, 0.29) is 24.1 Å². The molecule has 3 rings (SSSR count). The molecular formula is C22H24F3N3O3. The number of likely N-dealkylation sites (tertiary alicyclic amines) is 1. The maximum Gasteiger partial charge on any atom is 0.410 e. The van der Waals surface area contributed by atoms with Crippen LogP contribution in [-0.4, -0.2) is 42.7 Å². The minimum Gasteiger partial charge on any atom is -0.445 e. The Morgan fingerprint density at radius 1 is 0.968 bits per heavy atom. The third-order valence-electron chi connectivity index (χ3n) is 4.99. The number of para-hydroxylation sites is 2. The van der Waals surface area contributed by atoms with Crippen LogP contribution in [0.3, 0.4) is 0 Å². The van der Waals surface area contributed by atoms with Crippen LogP contribution in [0.4, 0.5) is 29.3 Å². The molecule has 2 aromatic rings. The molecule has 1 heterocycles. The number of carbonyl (C=O) groups excluding carboxylic acids is 2. The predicted molar refractivity (Wildman–Crippen MR) is 111 cm³/mol. The third-order valence-corrected chi connectivity index (χ3v) is 4.99. The fraction of sp³-hybridized carbons (Fsp3) is 0.364. The standard InChI is InChI=1S/C22H24F3N3O3/c23-22(24,25)15-26-18-8-4-5-9-19(18)27-20(29)17-10-12-28(13-11-17)21(30)31-14-16-6-2-1-3-7-16/h1-9,17,26H,10-15H2,(H,27,29). The monoisotopic (exact) mass is 435 g/mol. The van der Waals surface area contributed by atoms with Crippen LogP contribution >= 0.6 is 0 Å². The van der Waals surface area contributed by atoms with Crippen molar-refractivity contribution in [1.29, 1.82) is 0 Å². The molecule has 0 spiro atoms. The van der Waals surface area contributed by atoms with Gasteiger partial charge in [0.1, 0.15) is 13.2 Å². The van der Waals surface area contributed by atoms with E-state index in [0.717, 1.165) is 5.56 Å². The van der Waals surface area contributed by atoms with E-state index in [1.165, 1.54) is 6.07 Å². The van der Waals surface area contributed by atoms with Gasteiger partial charge in [-0.05, 0) is 30.5 Å². The van der Waals surface area contributed by atoms with Crippen LogP contribution in [0.15, 0.2) is 54.6 Å². The van der Waals surface area contributed by atoms with E-state index >= 15 is 0 Å². The Labute approximate surface area is 178 Å². The Bertz CT molecular complexity index is 882. The highest BCUT2D eigenvalue weighted by atomic mass is 19.4. The summed E-state index contributed by atoms with van der Waals surface area (Å²) in [5.41, 5.74) is 1.39. The first kappa shape index (κ1) is 22.5. The van der Waals surface area contributed by atoms with Gasteiger partial charge in [0, 0.05) is 19.0 Å². The molecule has 0 radical (unpaired) electrons. The summed E-state index contributed by atoms with van der Waals surface area (Å²) in [6.45, 7) is -0.259. The summed E-state index contributed by atoms with van der Waals surface area (Å²) in [6.07, 6.45) is -3.89. The number of ether oxygens (including phenoxy) is 1. The highest BCUT2D eigenvalue weighted by Gasteiger charge is 2.29. The van der Waals surface area contributed by atoms with Gasteiger partial charge in [-0.3, -0.25) is 4.79 Å². The largest absolute Gasteiger partial charge is 0.445 e. The van der Waals surface area contributed by atoms with Crippen LogP contribution in [0, 0.1) is 5.92 Å². The first-order chi connectivity index (χ1) is 14.8. The molecule has 1 saturated heterocycles. The van der Waals surface area contributed by atoms with Crippen LogP contribution in [0.25, 0.3) is 0 Å². The van der Waals surface area contributed by atoms with Gasteiger partial charge in [-0.1, -0.05) is 42.5 Å². The van der Waals surface area contributed by atoms with Crippen LogP contribution in [0.5, 0.6) is 0 Å². The molecule has 2 amide bonds. The molecule has 6 nitrogen and oxygen atoms in total. The number of piperidine rings is 1. The molecule has 2 N–H and O–H groups in total. The van der Waals surface area contributed by atoms with Crippen LogP contribution < -0.4 is 10.6 Å². The van der Waals surface area contributed by atoms with Crippen LogP contribution in [0.1, 0.15) is 18.4 Å². The molecule has 0 unspecified atom stereocenters. The number of alkyl halides is 3. The average Bonchev–Trinajstić information content (AvgIpc) is 2.77. The highest BCUT2D eigenvalue weighted by molar-refractivity contribution is 5.95. The third kappa shape index (κ3) is 6.91. The van der Waals surface area contributed by atoms with Gasteiger partial charge >= 0.3 is 12.3 Å². The molecular weight excluding hydrogens is 411 g/mol. The maximum atomic E-state index is 12.6. The van der Waals surface area contributed by atoms with Gasteiger partial charge in [0.2, 0.25) is 5.91 Å². The van der Waals surface area contributed by atoms with Crippen molar-refractivity contribution in [2.75, 3.05) is 30.3 Å². The number of hydrogen-bond donors (Lipinski definition) is 2. The number of hydrogen-bond acceptors (Lipinski definition) is 4. The SMILES string of the molecule is O=C(Nc1ccccc1NCC(F)(F)F)C1CCN(C(=O)OCc2ccccc2)CC1. The van der Waals surface area contributed by atoms with E-state index in [4.69, 9.17) is 4.74 Å². The fourth-order valence-corrected chi connectivity index (χ4v) is 3.31. The van der Waals surface area contributed by atoms with Gasteiger partial charge in [0.15, 0.2) is 0 Å². The van der Waals surface area contributed by atoms with Crippen LogP contribution in [-0.2, 0) is 16.1 Å². The molecule has 31 heavy (non-hydrogen) atoms. The van der Waals surface area contributed by atoms with E-state index in [0.29, 0.717) is 31.6 Å². The van der Waals surface area contributed by atoms with Crippen molar-refractivity contribution < 1.29 is 27.5 Å². The second kappa shape index (κ2) is 10.2. The molecule has 0 aromatic heterocycles. The van der Waals surface area contributed by atoms with Gasteiger partial charge in [-0.2, -0.15) is 13.2 Å².